The summed E-state index contributed by atoms with van der Waals surface area (Å²) in [5.74, 6) is 0.432. The van der Waals surface area contributed by atoms with Gasteiger partial charge in [0.1, 0.15) is 12.3 Å². The molecule has 0 unspecified atom stereocenters. The van der Waals surface area contributed by atoms with Crippen molar-refractivity contribution in [2.24, 2.45) is 0 Å². The van der Waals surface area contributed by atoms with Crippen molar-refractivity contribution < 1.29 is 24.5 Å². The standard InChI is InChI=1S/C37H34Cl2N6O6/c38-33-26(22-11-12-45-31(17-22)40-18-24(36(45)48)20-44(37(49)50)21-25-8-10-32(47)41-25)3-1-4-27(33)28-5-2-6-29(34(28)39)30-9-7-23-19-43(13-15-46)14-16-51-35(23)42-30/h1-7,9,11-12,17-18,25,46H,8,10,13-16,19-21H2,(H,41,47)(H,49,50)/t25-/m0/s1. The van der Waals surface area contributed by atoms with Crippen LogP contribution in [0.15, 0.2) is 77.9 Å². The van der Waals surface area contributed by atoms with Crippen LogP contribution in [0.3, 0.4) is 0 Å². The summed E-state index contributed by atoms with van der Waals surface area (Å²) < 4.78 is 7.33. The van der Waals surface area contributed by atoms with Crippen LogP contribution >= 0.6 is 23.2 Å². The number of hydrogen-bond acceptors (Lipinski definition) is 8. The molecular weight excluding hydrogens is 695 g/mol. The third-order valence-corrected chi connectivity index (χ3v) is 10.0. The van der Waals surface area contributed by atoms with Crippen LogP contribution in [0.25, 0.3) is 39.2 Å². The summed E-state index contributed by atoms with van der Waals surface area (Å²) in [6.45, 7) is 2.33. The van der Waals surface area contributed by atoms with Crippen molar-refractivity contribution in [3.63, 3.8) is 0 Å². The van der Waals surface area contributed by atoms with E-state index in [-0.39, 0.29) is 37.2 Å². The molecule has 0 spiro atoms. The quantitative estimate of drug-likeness (QED) is 0.183. The Hall–Kier alpha value is -5.01. The van der Waals surface area contributed by atoms with Crippen LogP contribution in [0, 0.1) is 0 Å². The number of nitrogens with zero attached hydrogens (tertiary/aromatic N) is 5. The van der Waals surface area contributed by atoms with Gasteiger partial charge < -0.3 is 25.2 Å². The molecule has 2 amide bonds. The molecule has 3 aromatic heterocycles. The average Bonchev–Trinajstić information content (AvgIpc) is 3.42. The van der Waals surface area contributed by atoms with Crippen LogP contribution in [-0.2, 0) is 17.9 Å². The normalized spacial score (nSPS) is 16.0. The number of aliphatic hydroxyl groups is 1. The number of β-amino-alcohol motifs (C(OH)–C–C–N with tert-alkyl or cyclic N) is 1. The minimum absolute atomic E-state index is 0.0750. The van der Waals surface area contributed by atoms with E-state index in [0.717, 1.165) is 21.6 Å². The number of rotatable bonds is 9. The lowest BCUT2D eigenvalue weighted by Crippen LogP contribution is -2.42. The molecule has 3 N–H and O–H groups in total. The topological polar surface area (TPSA) is 150 Å². The number of ether oxygens (including phenoxy) is 1. The lowest BCUT2D eigenvalue weighted by atomic mass is 9.97. The smallest absolute Gasteiger partial charge is 0.407 e. The van der Waals surface area contributed by atoms with Crippen molar-refractivity contribution in [3.05, 3.63) is 105 Å². The first-order chi connectivity index (χ1) is 24.7. The van der Waals surface area contributed by atoms with Crippen LogP contribution < -0.4 is 15.6 Å². The Balaban J connectivity index is 1.16. The molecule has 5 aromatic rings. The van der Waals surface area contributed by atoms with Crippen molar-refractivity contribution >= 4 is 40.8 Å². The number of aliphatic hydroxyl groups excluding tert-OH is 1. The van der Waals surface area contributed by atoms with Gasteiger partial charge in [-0.15, -0.1) is 0 Å². The molecule has 1 atom stereocenters. The maximum Gasteiger partial charge on any atom is 0.407 e. The summed E-state index contributed by atoms with van der Waals surface area (Å²) in [5.41, 5.74) is 5.35. The molecule has 0 aliphatic carbocycles. The van der Waals surface area contributed by atoms with Gasteiger partial charge in [0, 0.05) is 78.9 Å². The van der Waals surface area contributed by atoms with E-state index in [1.54, 1.807) is 18.3 Å². The highest BCUT2D eigenvalue weighted by Crippen LogP contribution is 2.42. The summed E-state index contributed by atoms with van der Waals surface area (Å²) >= 11 is 14.1. The van der Waals surface area contributed by atoms with Crippen LogP contribution in [0.5, 0.6) is 5.88 Å². The Kier molecular flexibility index (Phi) is 9.92. The number of carbonyl (C=O) groups excluding carboxylic acids is 1. The average molecular weight is 730 g/mol. The second kappa shape index (κ2) is 14.7. The minimum Gasteiger partial charge on any atom is -0.476 e. The molecule has 2 aliphatic heterocycles. The SMILES string of the molecule is O=C1CC[C@@H](CN(Cc2cnc3cc(-c4cccc(-c5cccc(-c6ccc7c(n6)OCCN(CCO)C7)c5Cl)c4Cl)ccn3c2=O)C(=O)O)N1. The van der Waals surface area contributed by atoms with Crippen LogP contribution in [0.1, 0.15) is 24.0 Å². The first-order valence-corrected chi connectivity index (χ1v) is 17.3. The first kappa shape index (κ1) is 34.4. The highest BCUT2D eigenvalue weighted by atomic mass is 35.5. The fourth-order valence-electron chi connectivity index (χ4n) is 6.57. The number of amides is 2. The van der Waals surface area contributed by atoms with E-state index in [4.69, 9.17) is 32.9 Å². The van der Waals surface area contributed by atoms with E-state index in [1.807, 2.05) is 48.5 Å². The van der Waals surface area contributed by atoms with Gasteiger partial charge in [-0.2, -0.15) is 0 Å². The number of benzene rings is 2. The zero-order valence-electron chi connectivity index (χ0n) is 27.4. The van der Waals surface area contributed by atoms with E-state index in [9.17, 15) is 24.6 Å². The van der Waals surface area contributed by atoms with Gasteiger partial charge in [-0.25, -0.2) is 14.8 Å². The van der Waals surface area contributed by atoms with Crippen LogP contribution in [-0.4, -0.2) is 85.3 Å². The van der Waals surface area contributed by atoms with E-state index < -0.39 is 11.7 Å². The number of halogens is 2. The van der Waals surface area contributed by atoms with Gasteiger partial charge in [-0.1, -0.05) is 65.7 Å². The molecule has 0 saturated carbocycles. The van der Waals surface area contributed by atoms with Crippen molar-refractivity contribution in [2.75, 3.05) is 32.8 Å². The molecule has 1 saturated heterocycles. The summed E-state index contributed by atoms with van der Waals surface area (Å²) in [6, 6.07) is 18.4. The van der Waals surface area contributed by atoms with Crippen molar-refractivity contribution in [2.45, 2.75) is 32.0 Å². The fourth-order valence-corrected chi connectivity index (χ4v) is 7.24. The van der Waals surface area contributed by atoms with Crippen molar-refractivity contribution in [1.29, 1.82) is 0 Å². The number of carbonyl (C=O) groups is 2. The van der Waals surface area contributed by atoms with E-state index in [2.05, 4.69) is 15.2 Å². The molecule has 51 heavy (non-hydrogen) atoms. The van der Waals surface area contributed by atoms with Gasteiger partial charge in [-0.3, -0.25) is 18.9 Å². The monoisotopic (exact) mass is 728 g/mol. The zero-order chi connectivity index (χ0) is 35.6. The first-order valence-electron chi connectivity index (χ1n) is 16.5. The van der Waals surface area contributed by atoms with Crippen LogP contribution in [0.2, 0.25) is 10.0 Å². The van der Waals surface area contributed by atoms with Gasteiger partial charge in [0.15, 0.2) is 0 Å². The summed E-state index contributed by atoms with van der Waals surface area (Å²) in [4.78, 5) is 49.5. The third-order valence-electron chi connectivity index (χ3n) is 9.21. The Morgan fingerprint density at radius 2 is 1.76 bits per heavy atom. The molecule has 262 valence electrons. The summed E-state index contributed by atoms with van der Waals surface area (Å²) in [6.07, 6.45) is 2.68. The number of fused-ring (bicyclic) bond motifs is 2. The number of hydrogen-bond donors (Lipinski definition) is 3. The van der Waals surface area contributed by atoms with Gasteiger partial charge >= 0.3 is 6.09 Å². The van der Waals surface area contributed by atoms with E-state index >= 15 is 0 Å². The summed E-state index contributed by atoms with van der Waals surface area (Å²) in [5, 5.41) is 22.8. The van der Waals surface area contributed by atoms with E-state index in [1.165, 1.54) is 10.6 Å². The molecular formula is C37H34Cl2N6O6. The molecule has 0 bridgehead atoms. The van der Waals surface area contributed by atoms with Crippen LogP contribution in [0.4, 0.5) is 4.79 Å². The predicted octanol–water partition coefficient (Wildman–Crippen LogP) is 5.34. The lowest BCUT2D eigenvalue weighted by Gasteiger charge is -2.22. The molecule has 5 heterocycles. The Bertz CT molecular complexity index is 2210. The van der Waals surface area contributed by atoms with Gasteiger partial charge in [0.05, 0.1) is 34.5 Å². The number of carboxylic acid groups (broad SMARTS) is 1. The lowest BCUT2D eigenvalue weighted by molar-refractivity contribution is -0.119. The second-order valence-electron chi connectivity index (χ2n) is 12.5. The number of aromatic nitrogens is 3. The Morgan fingerprint density at radius 3 is 2.49 bits per heavy atom. The second-order valence-corrected chi connectivity index (χ2v) is 13.3. The fraction of sp³-hybridized carbons (Fsp3) is 0.270. The number of nitrogens with one attached hydrogen (secondary N) is 1. The molecule has 2 aliphatic rings. The molecule has 0 radical (unpaired) electrons. The molecule has 12 nitrogen and oxygen atoms in total. The molecule has 14 heteroatoms. The molecule has 7 rings (SSSR count). The highest BCUT2D eigenvalue weighted by Gasteiger charge is 2.26. The summed E-state index contributed by atoms with van der Waals surface area (Å²) in [7, 11) is 0. The Morgan fingerprint density at radius 1 is 1.02 bits per heavy atom. The third kappa shape index (κ3) is 7.13. The van der Waals surface area contributed by atoms with Gasteiger partial charge in [0.25, 0.3) is 5.56 Å². The van der Waals surface area contributed by atoms with Crippen molar-refractivity contribution in [1.82, 2.24) is 29.5 Å². The maximum atomic E-state index is 13.4. The van der Waals surface area contributed by atoms with Crippen molar-refractivity contribution in [3.8, 4) is 39.4 Å². The minimum atomic E-state index is -1.19. The largest absolute Gasteiger partial charge is 0.476 e. The molecule has 1 fully saturated rings. The zero-order valence-corrected chi connectivity index (χ0v) is 28.9. The van der Waals surface area contributed by atoms with E-state index in [0.29, 0.717) is 83.0 Å². The predicted molar refractivity (Wildman–Crippen MR) is 193 cm³/mol. The number of pyridine rings is 2. The van der Waals surface area contributed by atoms with Gasteiger partial charge in [-0.05, 0) is 30.2 Å². The maximum absolute atomic E-state index is 13.4. The van der Waals surface area contributed by atoms with Gasteiger partial charge in [0.2, 0.25) is 11.8 Å². The highest BCUT2D eigenvalue weighted by molar-refractivity contribution is 6.39. The Labute approximate surface area is 302 Å². The molecule has 2 aromatic carbocycles.